The molecule has 0 radical (unpaired) electrons. The molecule has 4 atom stereocenters. The number of amides is 1. The maximum absolute atomic E-state index is 10.9. The Morgan fingerprint density at radius 1 is 1.52 bits per heavy atom. The number of aromatic nitrogens is 3. The first kappa shape index (κ1) is 17.1. The fraction of sp³-hybridized carbons (Fsp3) is 0.400. The van der Waals surface area contributed by atoms with Crippen LogP contribution in [-0.2, 0) is 9.53 Å². The number of aliphatic hydroxyl groups excluding tert-OH is 2. The number of hydrogen-bond donors (Lipinski definition) is 5. The van der Waals surface area contributed by atoms with E-state index < -0.39 is 36.6 Å². The molecule has 0 saturated carbocycles. The van der Waals surface area contributed by atoms with E-state index in [4.69, 9.17) is 16.2 Å². The second kappa shape index (κ2) is 5.98. The summed E-state index contributed by atoms with van der Waals surface area (Å²) in [5.74, 6) is 4.08. The van der Waals surface area contributed by atoms with Crippen molar-refractivity contribution < 1.29 is 24.9 Å². The molecule has 132 valence electrons. The average Bonchev–Trinajstić information content (AvgIpc) is 3.02. The lowest BCUT2D eigenvalue weighted by Crippen LogP contribution is -2.44. The predicted octanol–water partition coefficient (Wildman–Crippen LogP) is -2.15. The van der Waals surface area contributed by atoms with Crippen molar-refractivity contribution in [3.05, 3.63) is 18.1 Å². The van der Waals surface area contributed by atoms with Crippen molar-refractivity contribution in [2.75, 3.05) is 12.3 Å². The van der Waals surface area contributed by atoms with Crippen LogP contribution in [0.4, 0.5) is 5.82 Å². The van der Waals surface area contributed by atoms with Crippen LogP contribution in [0.25, 0.3) is 11.0 Å². The minimum absolute atomic E-state index is 0.120. The van der Waals surface area contributed by atoms with Crippen molar-refractivity contribution in [1.82, 2.24) is 14.5 Å². The molecule has 7 N–H and O–H groups in total. The number of ether oxygens (including phenoxy) is 1. The number of aliphatic hydroxyl groups is 3. The van der Waals surface area contributed by atoms with Crippen molar-refractivity contribution in [3.8, 4) is 11.8 Å². The van der Waals surface area contributed by atoms with Crippen LogP contribution in [0.2, 0.25) is 0 Å². The molecule has 1 saturated heterocycles. The lowest BCUT2D eigenvalue weighted by Gasteiger charge is -2.27. The van der Waals surface area contributed by atoms with Crippen molar-refractivity contribution in [2.24, 2.45) is 5.73 Å². The van der Waals surface area contributed by atoms with E-state index in [1.54, 1.807) is 0 Å². The number of primary amides is 1. The third kappa shape index (κ3) is 2.69. The summed E-state index contributed by atoms with van der Waals surface area (Å²) in [6.45, 7) is 0.904. The third-order valence-electron chi connectivity index (χ3n) is 4.15. The van der Waals surface area contributed by atoms with Gasteiger partial charge < -0.3 is 36.1 Å². The van der Waals surface area contributed by atoms with Gasteiger partial charge in [0.05, 0.1) is 17.6 Å². The molecular weight excluding hydrogens is 330 g/mol. The van der Waals surface area contributed by atoms with E-state index in [9.17, 15) is 20.1 Å². The maximum atomic E-state index is 10.9. The summed E-state index contributed by atoms with van der Waals surface area (Å²) in [7, 11) is 0. The zero-order valence-corrected chi connectivity index (χ0v) is 13.2. The molecule has 10 heteroatoms. The quantitative estimate of drug-likeness (QED) is 0.383. The number of carbonyl (C=O) groups is 1. The van der Waals surface area contributed by atoms with Crippen molar-refractivity contribution in [1.29, 1.82) is 0 Å². The summed E-state index contributed by atoms with van der Waals surface area (Å²) in [4.78, 5) is 19.0. The average molecular weight is 347 g/mol. The van der Waals surface area contributed by atoms with E-state index in [1.165, 1.54) is 24.0 Å². The highest BCUT2D eigenvalue weighted by atomic mass is 16.6. The summed E-state index contributed by atoms with van der Waals surface area (Å²) in [5, 5.41) is 30.5. The van der Waals surface area contributed by atoms with Crippen LogP contribution in [0.5, 0.6) is 0 Å². The monoisotopic (exact) mass is 347 g/mol. The summed E-state index contributed by atoms with van der Waals surface area (Å²) < 4.78 is 7.01. The van der Waals surface area contributed by atoms with E-state index in [2.05, 4.69) is 21.8 Å². The zero-order chi connectivity index (χ0) is 18.4. The van der Waals surface area contributed by atoms with Gasteiger partial charge in [-0.2, -0.15) is 0 Å². The zero-order valence-electron chi connectivity index (χ0n) is 13.2. The number of rotatable bonds is 2. The van der Waals surface area contributed by atoms with Gasteiger partial charge in [-0.25, -0.2) is 9.97 Å². The summed E-state index contributed by atoms with van der Waals surface area (Å²) in [6, 6.07) is 0. The van der Waals surface area contributed by atoms with Gasteiger partial charge in [0.1, 0.15) is 35.6 Å². The standard InChI is InChI=1S/C15H17N5O5/c1-15(24)11(23)8(5-21)25-14(15)20-4-7(2-3-9(16)22)10-12(17)18-6-19-13(10)20/h4,6,8,11,14,21,23-24H,5H2,1H3,(H2,16,22)(H2,17,18,19)/t8?,11?,14?,15-/m1/s1. The Morgan fingerprint density at radius 3 is 2.84 bits per heavy atom. The first-order valence-corrected chi connectivity index (χ1v) is 7.36. The van der Waals surface area contributed by atoms with Crippen LogP contribution < -0.4 is 11.5 Å². The minimum Gasteiger partial charge on any atom is -0.394 e. The van der Waals surface area contributed by atoms with Crippen LogP contribution >= 0.6 is 0 Å². The van der Waals surface area contributed by atoms with Gasteiger partial charge in [0.2, 0.25) is 0 Å². The van der Waals surface area contributed by atoms with E-state index in [0.29, 0.717) is 10.9 Å². The van der Waals surface area contributed by atoms with Crippen LogP contribution in [0, 0.1) is 11.8 Å². The van der Waals surface area contributed by atoms with E-state index in [-0.39, 0.29) is 11.5 Å². The Bertz CT molecular complexity index is 897. The van der Waals surface area contributed by atoms with Crippen molar-refractivity contribution in [3.63, 3.8) is 0 Å². The summed E-state index contributed by atoms with van der Waals surface area (Å²) in [6.07, 6.45) is -0.669. The highest BCUT2D eigenvalue weighted by Crippen LogP contribution is 2.40. The van der Waals surface area contributed by atoms with Crippen LogP contribution in [0.15, 0.2) is 12.5 Å². The molecule has 3 heterocycles. The molecule has 2 aromatic rings. The first-order valence-electron chi connectivity index (χ1n) is 7.36. The highest BCUT2D eigenvalue weighted by Gasteiger charge is 2.53. The number of fused-ring (bicyclic) bond motifs is 1. The number of nitrogens with zero attached hydrogens (tertiary/aromatic N) is 3. The molecule has 25 heavy (non-hydrogen) atoms. The Hall–Kier alpha value is -2.71. The first-order chi connectivity index (χ1) is 11.8. The van der Waals surface area contributed by atoms with Gasteiger partial charge in [-0.3, -0.25) is 4.79 Å². The molecule has 1 fully saturated rings. The minimum atomic E-state index is -1.71. The summed E-state index contributed by atoms with van der Waals surface area (Å²) in [5.41, 5.74) is 9.81. The molecular formula is C15H17N5O5. The highest BCUT2D eigenvalue weighted by molar-refractivity contribution is 5.96. The molecule has 0 bridgehead atoms. The lowest BCUT2D eigenvalue weighted by molar-refractivity contribution is -0.112. The molecule has 10 nitrogen and oxygen atoms in total. The molecule has 0 aliphatic carbocycles. The van der Waals surface area contributed by atoms with Crippen molar-refractivity contribution >= 4 is 22.8 Å². The van der Waals surface area contributed by atoms with Gasteiger partial charge in [0.15, 0.2) is 6.23 Å². The number of nitrogen functional groups attached to an aromatic ring is 1. The third-order valence-corrected chi connectivity index (χ3v) is 4.15. The van der Waals surface area contributed by atoms with Gasteiger partial charge in [-0.05, 0) is 6.92 Å². The maximum Gasteiger partial charge on any atom is 0.293 e. The topological polar surface area (TPSA) is 170 Å². The number of anilines is 1. The molecule has 1 aliphatic rings. The van der Waals surface area contributed by atoms with Gasteiger partial charge in [0, 0.05) is 12.1 Å². The van der Waals surface area contributed by atoms with Gasteiger partial charge >= 0.3 is 0 Å². The predicted molar refractivity (Wildman–Crippen MR) is 85.6 cm³/mol. The molecule has 2 aromatic heterocycles. The molecule has 3 unspecified atom stereocenters. The fourth-order valence-electron chi connectivity index (χ4n) is 2.90. The van der Waals surface area contributed by atoms with Gasteiger partial charge in [-0.1, -0.05) is 5.92 Å². The van der Waals surface area contributed by atoms with Gasteiger partial charge in [0.25, 0.3) is 5.91 Å². The Labute approximate surface area is 142 Å². The fourth-order valence-corrected chi connectivity index (χ4v) is 2.90. The Balaban J connectivity index is 2.20. The molecule has 0 spiro atoms. The van der Waals surface area contributed by atoms with Crippen molar-refractivity contribution in [2.45, 2.75) is 31.0 Å². The van der Waals surface area contributed by atoms with E-state index in [0.717, 1.165) is 0 Å². The largest absolute Gasteiger partial charge is 0.394 e. The van der Waals surface area contributed by atoms with Crippen LogP contribution in [0.3, 0.4) is 0 Å². The second-order valence-corrected chi connectivity index (χ2v) is 5.90. The summed E-state index contributed by atoms with van der Waals surface area (Å²) >= 11 is 0. The molecule has 0 aromatic carbocycles. The van der Waals surface area contributed by atoms with Crippen LogP contribution in [-0.4, -0.2) is 60.2 Å². The second-order valence-electron chi connectivity index (χ2n) is 5.90. The molecule has 3 rings (SSSR count). The molecule has 1 amide bonds. The van der Waals surface area contributed by atoms with E-state index in [1.807, 2.05) is 0 Å². The normalized spacial score (nSPS) is 28.7. The Kier molecular flexibility index (Phi) is 4.09. The SMILES string of the molecule is C[C@@]1(O)C(O)C(CO)OC1n1cc(C#CC(N)=O)c2c(N)ncnc21. The lowest BCUT2D eigenvalue weighted by atomic mass is 9.96. The number of nitrogens with two attached hydrogens (primary N) is 2. The molecule has 1 aliphatic heterocycles. The van der Waals surface area contributed by atoms with E-state index >= 15 is 0 Å². The smallest absolute Gasteiger partial charge is 0.293 e. The van der Waals surface area contributed by atoms with Crippen LogP contribution in [0.1, 0.15) is 18.7 Å². The van der Waals surface area contributed by atoms with Gasteiger partial charge in [-0.15, -0.1) is 0 Å². The number of carbonyl (C=O) groups excluding carboxylic acids is 1. The Morgan fingerprint density at radius 2 is 2.24 bits per heavy atom. The number of hydrogen-bond acceptors (Lipinski definition) is 8.